The van der Waals surface area contributed by atoms with E-state index in [1.165, 1.54) is 37.4 Å². The summed E-state index contributed by atoms with van der Waals surface area (Å²) >= 11 is 0. The fraction of sp³-hybridized carbons (Fsp3) is 0.0714. The summed E-state index contributed by atoms with van der Waals surface area (Å²) in [7, 11) is -2.30. The van der Waals surface area contributed by atoms with Gasteiger partial charge in [-0.25, -0.2) is 8.42 Å². The Morgan fingerprint density at radius 2 is 1.86 bits per heavy atom. The third-order valence-electron chi connectivity index (χ3n) is 2.80. The molecule has 0 aromatic heterocycles. The van der Waals surface area contributed by atoms with E-state index in [1.807, 2.05) is 6.07 Å². The number of benzene rings is 2. The zero-order valence-corrected chi connectivity index (χ0v) is 12.0. The predicted molar refractivity (Wildman–Crippen MR) is 79.4 cm³/mol. The Balaban J connectivity index is 2.35. The number of anilines is 2. The van der Waals surface area contributed by atoms with Crippen LogP contribution in [0, 0.1) is 11.3 Å². The molecule has 0 heterocycles. The minimum Gasteiger partial charge on any atom is -0.497 e. The summed E-state index contributed by atoms with van der Waals surface area (Å²) in [6.07, 6.45) is 0. The lowest BCUT2D eigenvalue weighted by molar-refractivity contribution is 0.415. The van der Waals surface area contributed by atoms with Gasteiger partial charge in [0.05, 0.1) is 35.0 Å². The second-order valence-electron chi connectivity index (χ2n) is 4.19. The molecule has 0 saturated carbocycles. The van der Waals surface area contributed by atoms with Gasteiger partial charge in [0.15, 0.2) is 0 Å². The summed E-state index contributed by atoms with van der Waals surface area (Å²) < 4.78 is 32.0. The van der Waals surface area contributed by atoms with Crippen molar-refractivity contribution in [1.82, 2.24) is 0 Å². The van der Waals surface area contributed by atoms with Crippen LogP contribution in [0.4, 0.5) is 11.4 Å². The average Bonchev–Trinajstić information content (AvgIpc) is 2.49. The maximum atomic E-state index is 12.3. The van der Waals surface area contributed by atoms with Gasteiger partial charge in [-0.05, 0) is 36.4 Å². The molecule has 3 N–H and O–H groups in total. The minimum atomic E-state index is -3.78. The van der Waals surface area contributed by atoms with Crippen LogP contribution < -0.4 is 15.2 Å². The number of nitrogens with zero attached hydrogens (tertiary/aromatic N) is 1. The third kappa shape index (κ3) is 3.24. The first-order valence-corrected chi connectivity index (χ1v) is 7.41. The first-order chi connectivity index (χ1) is 9.96. The summed E-state index contributed by atoms with van der Waals surface area (Å²) in [4.78, 5) is 0.0451. The number of nitriles is 1. The first kappa shape index (κ1) is 14.7. The molecule has 0 atom stereocenters. The topological polar surface area (TPSA) is 105 Å². The van der Waals surface area contributed by atoms with Crippen LogP contribution in [-0.2, 0) is 10.0 Å². The second-order valence-corrected chi connectivity index (χ2v) is 5.88. The summed E-state index contributed by atoms with van der Waals surface area (Å²) in [5, 5.41) is 8.72. The number of rotatable bonds is 4. The smallest absolute Gasteiger partial charge is 0.261 e. The Morgan fingerprint density at radius 1 is 1.19 bits per heavy atom. The lowest BCUT2D eigenvalue weighted by Crippen LogP contribution is -2.14. The Hall–Kier alpha value is -2.72. The number of hydrogen-bond acceptors (Lipinski definition) is 5. The Kier molecular flexibility index (Phi) is 4.00. The predicted octanol–water partition coefficient (Wildman–Crippen LogP) is 1.95. The van der Waals surface area contributed by atoms with E-state index in [9.17, 15) is 8.42 Å². The molecule has 2 aromatic rings. The largest absolute Gasteiger partial charge is 0.497 e. The molecule has 108 valence electrons. The van der Waals surface area contributed by atoms with Crippen molar-refractivity contribution >= 4 is 21.4 Å². The molecule has 2 rings (SSSR count). The fourth-order valence-corrected chi connectivity index (χ4v) is 2.74. The molecule has 21 heavy (non-hydrogen) atoms. The molecule has 7 heteroatoms. The summed E-state index contributed by atoms with van der Waals surface area (Å²) in [6, 6.07) is 12.2. The molecule has 0 aliphatic heterocycles. The van der Waals surface area contributed by atoms with Gasteiger partial charge in [0.2, 0.25) is 0 Å². The maximum absolute atomic E-state index is 12.3. The molecule has 0 aliphatic rings. The lowest BCUT2D eigenvalue weighted by Gasteiger charge is -2.11. The number of methoxy groups -OCH3 is 1. The highest BCUT2D eigenvalue weighted by Gasteiger charge is 2.16. The van der Waals surface area contributed by atoms with Crippen molar-refractivity contribution in [2.75, 3.05) is 17.6 Å². The molecule has 0 saturated heterocycles. The van der Waals surface area contributed by atoms with E-state index in [0.717, 1.165) is 0 Å². The van der Waals surface area contributed by atoms with Crippen LogP contribution in [0.3, 0.4) is 0 Å². The first-order valence-electron chi connectivity index (χ1n) is 5.93. The number of sulfonamides is 1. The van der Waals surface area contributed by atoms with Crippen LogP contribution in [0.15, 0.2) is 47.4 Å². The van der Waals surface area contributed by atoms with E-state index in [1.54, 1.807) is 12.1 Å². The van der Waals surface area contributed by atoms with Crippen LogP contribution in [-0.4, -0.2) is 15.5 Å². The van der Waals surface area contributed by atoms with Crippen molar-refractivity contribution < 1.29 is 13.2 Å². The van der Waals surface area contributed by atoms with Gasteiger partial charge in [-0.2, -0.15) is 5.26 Å². The van der Waals surface area contributed by atoms with Crippen molar-refractivity contribution in [2.45, 2.75) is 4.90 Å². The molecule has 0 unspecified atom stereocenters. The molecule has 0 amide bonds. The van der Waals surface area contributed by atoms with Gasteiger partial charge in [0, 0.05) is 6.07 Å². The molecule has 0 aliphatic carbocycles. The van der Waals surface area contributed by atoms with Crippen molar-refractivity contribution in [3.8, 4) is 11.8 Å². The molecule has 0 fully saturated rings. The van der Waals surface area contributed by atoms with Gasteiger partial charge in [-0.1, -0.05) is 0 Å². The van der Waals surface area contributed by atoms with Gasteiger partial charge < -0.3 is 10.5 Å². The number of nitrogens with one attached hydrogen (secondary N) is 1. The van der Waals surface area contributed by atoms with Crippen LogP contribution in [0.25, 0.3) is 0 Å². The standard InChI is InChI=1S/C14H13N3O3S/c1-20-11-4-7-13(16)14(8-11)17-21(18,19)12-5-2-10(9-15)3-6-12/h2-8,17H,16H2,1H3. The highest BCUT2D eigenvalue weighted by molar-refractivity contribution is 7.92. The van der Waals surface area contributed by atoms with Gasteiger partial charge in [0.25, 0.3) is 10.0 Å². The summed E-state index contributed by atoms with van der Waals surface area (Å²) in [5.74, 6) is 0.488. The molecule has 6 nitrogen and oxygen atoms in total. The average molecular weight is 303 g/mol. The lowest BCUT2D eigenvalue weighted by atomic mass is 10.2. The summed E-state index contributed by atoms with van der Waals surface area (Å²) in [5.41, 5.74) is 6.65. The Labute approximate surface area is 122 Å². The quantitative estimate of drug-likeness (QED) is 0.840. The molecule has 0 bridgehead atoms. The van der Waals surface area contributed by atoms with E-state index >= 15 is 0 Å². The maximum Gasteiger partial charge on any atom is 0.261 e. The second kappa shape index (κ2) is 5.73. The van der Waals surface area contributed by atoms with Crippen molar-refractivity contribution in [2.24, 2.45) is 0 Å². The van der Waals surface area contributed by atoms with E-state index in [2.05, 4.69) is 4.72 Å². The van der Waals surface area contributed by atoms with Gasteiger partial charge in [-0.15, -0.1) is 0 Å². The molecular formula is C14H13N3O3S. The van der Waals surface area contributed by atoms with Crippen molar-refractivity contribution in [3.63, 3.8) is 0 Å². The summed E-state index contributed by atoms with van der Waals surface area (Å²) in [6.45, 7) is 0. The van der Waals surface area contributed by atoms with E-state index in [4.69, 9.17) is 15.7 Å². The van der Waals surface area contributed by atoms with Gasteiger partial charge in [-0.3, -0.25) is 4.72 Å². The molecule has 0 spiro atoms. The number of nitrogen functional groups attached to an aromatic ring is 1. The number of hydrogen-bond donors (Lipinski definition) is 2. The molecular weight excluding hydrogens is 290 g/mol. The highest BCUT2D eigenvalue weighted by Crippen LogP contribution is 2.26. The van der Waals surface area contributed by atoms with Crippen LogP contribution >= 0.6 is 0 Å². The van der Waals surface area contributed by atoms with E-state index in [-0.39, 0.29) is 16.3 Å². The molecule has 2 aromatic carbocycles. The Bertz CT molecular complexity index is 793. The fourth-order valence-electron chi connectivity index (χ4n) is 1.66. The van der Waals surface area contributed by atoms with Crippen LogP contribution in [0.1, 0.15) is 5.56 Å². The van der Waals surface area contributed by atoms with Crippen LogP contribution in [0.2, 0.25) is 0 Å². The highest BCUT2D eigenvalue weighted by atomic mass is 32.2. The zero-order valence-electron chi connectivity index (χ0n) is 11.2. The SMILES string of the molecule is COc1ccc(N)c(NS(=O)(=O)c2ccc(C#N)cc2)c1. The molecule has 0 radical (unpaired) electrons. The van der Waals surface area contributed by atoms with Crippen LogP contribution in [0.5, 0.6) is 5.75 Å². The van der Waals surface area contributed by atoms with E-state index < -0.39 is 10.0 Å². The third-order valence-corrected chi connectivity index (χ3v) is 4.18. The monoisotopic (exact) mass is 303 g/mol. The van der Waals surface area contributed by atoms with Crippen molar-refractivity contribution in [3.05, 3.63) is 48.0 Å². The minimum absolute atomic E-state index is 0.0451. The van der Waals surface area contributed by atoms with Crippen molar-refractivity contribution in [1.29, 1.82) is 5.26 Å². The van der Waals surface area contributed by atoms with E-state index in [0.29, 0.717) is 11.3 Å². The zero-order chi connectivity index (χ0) is 15.5. The number of nitrogens with two attached hydrogens (primary N) is 1. The van der Waals surface area contributed by atoms with Gasteiger partial charge >= 0.3 is 0 Å². The normalized spacial score (nSPS) is 10.7. The number of ether oxygens (including phenoxy) is 1. The van der Waals surface area contributed by atoms with Gasteiger partial charge in [0.1, 0.15) is 5.75 Å². The Morgan fingerprint density at radius 3 is 2.43 bits per heavy atom.